The summed E-state index contributed by atoms with van der Waals surface area (Å²) >= 11 is 0. The highest BCUT2D eigenvalue weighted by atomic mass is 16.7. The molecule has 5 rings (SSSR count). The molecular formula is C33H35BO4. The number of ether oxygens (including phenoxy) is 2. The molecule has 0 unspecified atom stereocenters. The summed E-state index contributed by atoms with van der Waals surface area (Å²) in [5, 5.41) is 0. The van der Waals surface area contributed by atoms with Gasteiger partial charge in [0.05, 0.1) is 11.2 Å². The van der Waals surface area contributed by atoms with Crippen LogP contribution in [-0.2, 0) is 14.0 Å². The smallest absolute Gasteiger partial charge is 0.467 e. The average molecular weight is 506 g/mol. The molecule has 194 valence electrons. The molecule has 0 amide bonds. The molecule has 4 aromatic rings. The van der Waals surface area contributed by atoms with Crippen LogP contribution in [0.1, 0.15) is 33.3 Å². The third kappa shape index (κ3) is 5.15. The molecular weight excluding hydrogens is 471 g/mol. The summed E-state index contributed by atoms with van der Waals surface area (Å²) in [6.45, 7) is 10.5. The second kappa shape index (κ2) is 10.4. The summed E-state index contributed by atoms with van der Waals surface area (Å²) in [6.07, 6.45) is 0. The van der Waals surface area contributed by atoms with Gasteiger partial charge in [-0.15, -0.1) is 0 Å². The number of benzene rings is 4. The van der Waals surface area contributed by atoms with Crippen LogP contribution >= 0.6 is 0 Å². The van der Waals surface area contributed by atoms with Gasteiger partial charge < -0.3 is 18.8 Å². The highest BCUT2D eigenvalue weighted by Gasteiger charge is 2.52. The summed E-state index contributed by atoms with van der Waals surface area (Å²) in [6, 6.07) is 31.9. The predicted molar refractivity (Wildman–Crippen MR) is 156 cm³/mol. The largest absolute Gasteiger partial charge is 0.498 e. The summed E-state index contributed by atoms with van der Waals surface area (Å²) in [5.74, 6) is 0.708. The van der Waals surface area contributed by atoms with E-state index in [4.69, 9.17) is 18.8 Å². The Labute approximate surface area is 226 Å². The molecule has 0 aromatic heterocycles. The summed E-state index contributed by atoms with van der Waals surface area (Å²) < 4.78 is 24.6. The molecule has 5 heteroatoms. The van der Waals surface area contributed by atoms with Gasteiger partial charge in [0.25, 0.3) is 0 Å². The lowest BCUT2D eigenvalue weighted by molar-refractivity contribution is 0.00578. The lowest BCUT2D eigenvalue weighted by Gasteiger charge is -2.32. The van der Waals surface area contributed by atoms with Crippen molar-refractivity contribution < 1.29 is 18.8 Å². The van der Waals surface area contributed by atoms with Crippen LogP contribution in [0.25, 0.3) is 33.4 Å². The van der Waals surface area contributed by atoms with Crippen molar-refractivity contribution in [2.75, 3.05) is 13.9 Å². The Kier molecular flexibility index (Phi) is 7.19. The molecule has 0 aliphatic carbocycles. The van der Waals surface area contributed by atoms with E-state index in [1.807, 2.05) is 12.1 Å². The molecule has 38 heavy (non-hydrogen) atoms. The van der Waals surface area contributed by atoms with Crippen LogP contribution in [0.5, 0.6) is 5.75 Å². The van der Waals surface area contributed by atoms with Crippen molar-refractivity contribution in [2.24, 2.45) is 0 Å². The van der Waals surface area contributed by atoms with Crippen LogP contribution in [0.15, 0.2) is 91.0 Å². The van der Waals surface area contributed by atoms with Gasteiger partial charge in [0.15, 0.2) is 6.79 Å². The Bertz CT molecular complexity index is 1340. The van der Waals surface area contributed by atoms with Crippen molar-refractivity contribution in [3.63, 3.8) is 0 Å². The molecule has 1 aliphatic rings. The van der Waals surface area contributed by atoms with Gasteiger partial charge in [-0.25, -0.2) is 0 Å². The zero-order valence-electron chi connectivity index (χ0n) is 23.1. The number of aryl methyl sites for hydroxylation is 1. The molecule has 4 nitrogen and oxygen atoms in total. The molecule has 0 saturated carbocycles. The van der Waals surface area contributed by atoms with Gasteiger partial charge in [0.1, 0.15) is 5.75 Å². The summed E-state index contributed by atoms with van der Waals surface area (Å²) in [4.78, 5) is 0. The quantitative estimate of drug-likeness (QED) is 0.195. The molecule has 1 heterocycles. The maximum absolute atomic E-state index is 6.46. The third-order valence-electron chi connectivity index (χ3n) is 7.55. The van der Waals surface area contributed by atoms with Gasteiger partial charge in [-0.2, -0.15) is 0 Å². The van der Waals surface area contributed by atoms with Gasteiger partial charge in [0, 0.05) is 18.1 Å². The SMILES string of the molecule is COCOc1c(B2OC(C)(C)C(C)(C)O2)cc(C)cc1-c1cc(-c2ccccc2)cc(-c2ccccc2)c1. The van der Waals surface area contributed by atoms with E-state index in [0.717, 1.165) is 44.4 Å². The van der Waals surface area contributed by atoms with Gasteiger partial charge in [0.2, 0.25) is 0 Å². The maximum atomic E-state index is 6.46. The first-order valence-corrected chi connectivity index (χ1v) is 13.1. The van der Waals surface area contributed by atoms with E-state index in [-0.39, 0.29) is 6.79 Å². The average Bonchev–Trinajstić information content (AvgIpc) is 3.14. The Balaban J connectivity index is 1.72. The van der Waals surface area contributed by atoms with E-state index in [0.29, 0.717) is 5.75 Å². The fourth-order valence-electron chi connectivity index (χ4n) is 4.82. The Morgan fingerprint density at radius 3 is 1.66 bits per heavy atom. The van der Waals surface area contributed by atoms with Crippen LogP contribution in [-0.4, -0.2) is 32.2 Å². The topological polar surface area (TPSA) is 36.9 Å². The van der Waals surface area contributed by atoms with Crippen LogP contribution in [0.2, 0.25) is 0 Å². The van der Waals surface area contributed by atoms with Crippen molar-refractivity contribution in [2.45, 2.75) is 45.8 Å². The Morgan fingerprint density at radius 1 is 0.658 bits per heavy atom. The van der Waals surface area contributed by atoms with Crippen molar-refractivity contribution in [3.05, 3.63) is 96.6 Å². The molecule has 0 spiro atoms. The number of hydrogen-bond acceptors (Lipinski definition) is 4. The maximum Gasteiger partial charge on any atom is 0.498 e. The molecule has 0 atom stereocenters. The second-order valence-corrected chi connectivity index (χ2v) is 10.9. The summed E-state index contributed by atoms with van der Waals surface area (Å²) in [7, 11) is 1.07. The third-order valence-corrected chi connectivity index (χ3v) is 7.55. The Hall–Kier alpha value is -3.38. The molecule has 4 aromatic carbocycles. The number of methoxy groups -OCH3 is 1. The van der Waals surface area contributed by atoms with Gasteiger partial charge >= 0.3 is 7.12 Å². The van der Waals surface area contributed by atoms with Gasteiger partial charge in [-0.05, 0) is 86.7 Å². The molecule has 0 N–H and O–H groups in total. The lowest BCUT2D eigenvalue weighted by Crippen LogP contribution is -2.41. The molecule has 1 aliphatic heterocycles. The second-order valence-electron chi connectivity index (χ2n) is 10.9. The molecule has 0 radical (unpaired) electrons. The van der Waals surface area contributed by atoms with E-state index in [9.17, 15) is 0 Å². The van der Waals surface area contributed by atoms with Crippen molar-refractivity contribution in [1.82, 2.24) is 0 Å². The highest BCUT2D eigenvalue weighted by molar-refractivity contribution is 6.63. The minimum Gasteiger partial charge on any atom is -0.467 e. The van der Waals surface area contributed by atoms with Crippen molar-refractivity contribution in [1.29, 1.82) is 0 Å². The van der Waals surface area contributed by atoms with Gasteiger partial charge in [-0.3, -0.25) is 0 Å². The first-order chi connectivity index (χ1) is 18.2. The van der Waals surface area contributed by atoms with Crippen molar-refractivity contribution >= 4 is 12.6 Å². The number of hydrogen-bond donors (Lipinski definition) is 0. The molecule has 0 bridgehead atoms. The van der Waals surface area contributed by atoms with Crippen LogP contribution in [0.4, 0.5) is 0 Å². The predicted octanol–water partition coefficient (Wildman–Crippen LogP) is 7.28. The van der Waals surface area contributed by atoms with Crippen LogP contribution < -0.4 is 10.2 Å². The fourth-order valence-corrected chi connectivity index (χ4v) is 4.82. The summed E-state index contributed by atoms with van der Waals surface area (Å²) in [5.41, 5.74) is 7.65. The van der Waals surface area contributed by atoms with E-state index in [1.54, 1.807) is 7.11 Å². The highest BCUT2D eigenvalue weighted by Crippen LogP contribution is 2.40. The first kappa shape index (κ1) is 26.2. The standard InChI is InChI=1S/C33H35BO4/c1-23-17-29(31(36-22-35-6)30(18-23)34-37-32(2,3)33(4,5)38-34)28-20-26(24-13-9-7-10-14-24)19-27(21-28)25-15-11-8-12-16-25/h7-21H,22H2,1-6H3. The zero-order chi connectivity index (χ0) is 26.9. The van der Waals surface area contributed by atoms with Gasteiger partial charge in [-0.1, -0.05) is 72.3 Å². The normalized spacial score (nSPS) is 16.0. The van der Waals surface area contributed by atoms with Crippen LogP contribution in [0, 0.1) is 6.92 Å². The Morgan fingerprint density at radius 2 is 1.16 bits per heavy atom. The van der Waals surface area contributed by atoms with Crippen molar-refractivity contribution in [3.8, 4) is 39.1 Å². The molecule has 1 fully saturated rings. The minimum atomic E-state index is -0.559. The van der Waals surface area contributed by atoms with Crippen LogP contribution in [0.3, 0.4) is 0 Å². The minimum absolute atomic E-state index is 0.118. The van der Waals surface area contributed by atoms with E-state index in [2.05, 4.69) is 113 Å². The molecule has 1 saturated heterocycles. The van der Waals surface area contributed by atoms with E-state index in [1.165, 1.54) is 0 Å². The zero-order valence-corrected chi connectivity index (χ0v) is 23.1. The first-order valence-electron chi connectivity index (χ1n) is 13.1. The number of rotatable bonds is 7. The van der Waals surface area contributed by atoms with E-state index < -0.39 is 18.3 Å². The van der Waals surface area contributed by atoms with E-state index >= 15 is 0 Å². The monoisotopic (exact) mass is 506 g/mol. The lowest BCUT2D eigenvalue weighted by atomic mass is 9.75. The fraction of sp³-hybridized carbons (Fsp3) is 0.273.